The predicted molar refractivity (Wildman–Crippen MR) is 74.0 cm³/mol. The summed E-state index contributed by atoms with van der Waals surface area (Å²) >= 11 is 6.27. The van der Waals surface area contributed by atoms with Crippen molar-refractivity contribution in [2.24, 2.45) is 5.73 Å². The van der Waals surface area contributed by atoms with E-state index in [0.717, 1.165) is 30.0 Å². The van der Waals surface area contributed by atoms with Crippen molar-refractivity contribution < 1.29 is 0 Å². The summed E-state index contributed by atoms with van der Waals surface area (Å²) in [6.07, 6.45) is 2.71. The van der Waals surface area contributed by atoms with Crippen molar-refractivity contribution in [3.8, 4) is 0 Å². The number of nitrogens with zero attached hydrogens (tertiary/aromatic N) is 5. The second-order valence-corrected chi connectivity index (χ2v) is 4.90. The fraction of sp³-hybridized carbons (Fsp3) is 0.583. The Labute approximate surface area is 117 Å². The quantitative estimate of drug-likeness (QED) is 0.909. The van der Waals surface area contributed by atoms with Gasteiger partial charge in [-0.25, -0.2) is 4.68 Å². The number of nitrogens with two attached hydrogens (primary N) is 1. The van der Waals surface area contributed by atoms with E-state index in [1.165, 1.54) is 0 Å². The van der Waals surface area contributed by atoms with Gasteiger partial charge in [0, 0.05) is 6.54 Å². The lowest BCUT2D eigenvalue weighted by Crippen LogP contribution is -2.10. The first-order valence-electron chi connectivity index (χ1n) is 6.44. The van der Waals surface area contributed by atoms with Crippen molar-refractivity contribution in [2.75, 3.05) is 0 Å². The van der Waals surface area contributed by atoms with E-state index in [1.807, 2.05) is 31.6 Å². The van der Waals surface area contributed by atoms with Crippen LogP contribution in [-0.4, -0.2) is 24.8 Å². The van der Waals surface area contributed by atoms with Gasteiger partial charge in [0.15, 0.2) is 0 Å². The van der Waals surface area contributed by atoms with Crippen molar-refractivity contribution in [2.45, 2.75) is 46.3 Å². The summed E-state index contributed by atoms with van der Waals surface area (Å²) in [6, 6.07) is -0.0676. The Kier molecular flexibility index (Phi) is 4.21. The van der Waals surface area contributed by atoms with Crippen LogP contribution in [0, 0.1) is 6.92 Å². The van der Waals surface area contributed by atoms with Gasteiger partial charge in [-0.15, -0.1) is 5.10 Å². The molecule has 0 aliphatic heterocycles. The predicted octanol–water partition coefficient (Wildman–Crippen LogP) is 1.91. The molecule has 2 aromatic heterocycles. The Bertz CT molecular complexity index is 559. The van der Waals surface area contributed by atoms with Crippen LogP contribution in [0.15, 0.2) is 6.20 Å². The minimum Gasteiger partial charge on any atom is -0.323 e. The van der Waals surface area contributed by atoms with Crippen LogP contribution >= 0.6 is 11.6 Å². The summed E-state index contributed by atoms with van der Waals surface area (Å²) in [5.74, 6) is 0. The molecular formula is C12H19ClN6. The zero-order valence-electron chi connectivity index (χ0n) is 11.5. The first-order chi connectivity index (χ1) is 9.06. The van der Waals surface area contributed by atoms with Crippen LogP contribution in [0.4, 0.5) is 0 Å². The second-order valence-electron chi connectivity index (χ2n) is 4.52. The van der Waals surface area contributed by atoms with Crippen molar-refractivity contribution in [1.29, 1.82) is 0 Å². The number of aryl methyl sites for hydroxylation is 2. The summed E-state index contributed by atoms with van der Waals surface area (Å²) in [6.45, 7) is 7.29. The fourth-order valence-corrected chi connectivity index (χ4v) is 2.14. The van der Waals surface area contributed by atoms with Gasteiger partial charge in [-0.1, -0.05) is 23.7 Å². The SMILES string of the molecule is CCC(N)c1cn(Cc2c(Cl)c(C)nn2CC)nn1. The minimum atomic E-state index is -0.0676. The lowest BCUT2D eigenvalue weighted by molar-refractivity contribution is 0.565. The molecule has 104 valence electrons. The maximum atomic E-state index is 6.27. The third kappa shape index (κ3) is 2.79. The summed E-state index contributed by atoms with van der Waals surface area (Å²) in [7, 11) is 0. The van der Waals surface area contributed by atoms with E-state index in [9.17, 15) is 0 Å². The Morgan fingerprint density at radius 1 is 1.42 bits per heavy atom. The van der Waals surface area contributed by atoms with Crippen LogP contribution in [0.5, 0.6) is 0 Å². The van der Waals surface area contributed by atoms with E-state index in [2.05, 4.69) is 15.4 Å². The molecule has 7 heteroatoms. The topological polar surface area (TPSA) is 74.6 Å². The third-order valence-electron chi connectivity index (χ3n) is 3.14. The number of hydrogen-bond donors (Lipinski definition) is 1. The van der Waals surface area contributed by atoms with E-state index in [1.54, 1.807) is 4.68 Å². The van der Waals surface area contributed by atoms with E-state index < -0.39 is 0 Å². The Morgan fingerprint density at radius 3 is 2.79 bits per heavy atom. The van der Waals surface area contributed by atoms with Gasteiger partial charge in [0.2, 0.25) is 0 Å². The molecule has 0 fully saturated rings. The van der Waals surface area contributed by atoms with E-state index in [-0.39, 0.29) is 6.04 Å². The standard InChI is InChI=1S/C12H19ClN6/c1-4-9(14)10-6-18(17-15-10)7-11-12(13)8(3)16-19(11)5-2/h6,9H,4-5,7,14H2,1-3H3. The van der Waals surface area contributed by atoms with Crippen LogP contribution < -0.4 is 5.73 Å². The van der Waals surface area contributed by atoms with Gasteiger partial charge in [0.1, 0.15) is 0 Å². The average molecular weight is 283 g/mol. The molecule has 0 saturated carbocycles. The summed E-state index contributed by atoms with van der Waals surface area (Å²) in [5, 5.41) is 13.3. The van der Waals surface area contributed by atoms with E-state index >= 15 is 0 Å². The van der Waals surface area contributed by atoms with Crippen LogP contribution in [0.2, 0.25) is 5.02 Å². The van der Waals surface area contributed by atoms with Gasteiger partial charge < -0.3 is 5.73 Å². The highest BCUT2D eigenvalue weighted by atomic mass is 35.5. The van der Waals surface area contributed by atoms with E-state index in [4.69, 9.17) is 17.3 Å². The fourth-order valence-electron chi connectivity index (χ4n) is 1.94. The normalized spacial score (nSPS) is 12.9. The molecule has 0 aliphatic carbocycles. The highest BCUT2D eigenvalue weighted by Crippen LogP contribution is 2.21. The Balaban J connectivity index is 2.24. The zero-order chi connectivity index (χ0) is 14.0. The van der Waals surface area contributed by atoms with Gasteiger partial charge in [0.25, 0.3) is 0 Å². The maximum absolute atomic E-state index is 6.27. The molecular weight excluding hydrogens is 264 g/mol. The van der Waals surface area contributed by atoms with Crippen molar-refractivity contribution >= 4 is 11.6 Å². The van der Waals surface area contributed by atoms with Crippen LogP contribution in [0.25, 0.3) is 0 Å². The molecule has 0 spiro atoms. The highest BCUT2D eigenvalue weighted by Gasteiger charge is 2.15. The molecule has 2 N–H and O–H groups in total. The summed E-state index contributed by atoms with van der Waals surface area (Å²) < 4.78 is 3.64. The first-order valence-corrected chi connectivity index (χ1v) is 6.82. The van der Waals surface area contributed by atoms with Crippen LogP contribution in [0.1, 0.15) is 43.4 Å². The Hall–Kier alpha value is -1.40. The number of halogens is 1. The molecule has 0 aliphatic rings. The molecule has 19 heavy (non-hydrogen) atoms. The lowest BCUT2D eigenvalue weighted by atomic mass is 10.2. The van der Waals surface area contributed by atoms with E-state index in [0.29, 0.717) is 11.6 Å². The number of hydrogen-bond acceptors (Lipinski definition) is 4. The molecule has 2 aromatic rings. The molecule has 0 bridgehead atoms. The van der Waals surface area contributed by atoms with Crippen molar-refractivity contribution in [3.63, 3.8) is 0 Å². The van der Waals surface area contributed by atoms with Gasteiger partial charge in [-0.2, -0.15) is 5.10 Å². The van der Waals surface area contributed by atoms with Gasteiger partial charge >= 0.3 is 0 Å². The maximum Gasteiger partial charge on any atom is 0.0994 e. The molecule has 0 amide bonds. The third-order valence-corrected chi connectivity index (χ3v) is 3.63. The molecule has 2 heterocycles. The average Bonchev–Trinajstić information content (AvgIpc) is 2.98. The largest absolute Gasteiger partial charge is 0.323 e. The molecule has 6 nitrogen and oxygen atoms in total. The van der Waals surface area contributed by atoms with Gasteiger partial charge in [0.05, 0.1) is 40.9 Å². The van der Waals surface area contributed by atoms with Crippen LogP contribution in [0.3, 0.4) is 0 Å². The molecule has 0 saturated heterocycles. The zero-order valence-corrected chi connectivity index (χ0v) is 12.2. The Morgan fingerprint density at radius 2 is 2.16 bits per heavy atom. The molecule has 0 radical (unpaired) electrons. The highest BCUT2D eigenvalue weighted by molar-refractivity contribution is 6.31. The van der Waals surface area contributed by atoms with Gasteiger partial charge in [-0.05, 0) is 20.3 Å². The van der Waals surface area contributed by atoms with Crippen molar-refractivity contribution in [1.82, 2.24) is 24.8 Å². The minimum absolute atomic E-state index is 0.0676. The molecule has 2 rings (SSSR count). The number of aromatic nitrogens is 5. The molecule has 1 unspecified atom stereocenters. The van der Waals surface area contributed by atoms with Crippen LogP contribution in [-0.2, 0) is 13.1 Å². The first kappa shape index (κ1) is 14.0. The summed E-state index contributed by atoms with van der Waals surface area (Å²) in [4.78, 5) is 0. The van der Waals surface area contributed by atoms with Crippen molar-refractivity contribution in [3.05, 3.63) is 28.3 Å². The second kappa shape index (κ2) is 5.71. The molecule has 0 aromatic carbocycles. The lowest BCUT2D eigenvalue weighted by Gasteiger charge is -2.05. The number of rotatable bonds is 5. The monoisotopic (exact) mass is 282 g/mol. The summed E-state index contributed by atoms with van der Waals surface area (Å²) in [5.41, 5.74) is 8.52. The molecule has 1 atom stereocenters. The van der Waals surface area contributed by atoms with Gasteiger partial charge in [-0.3, -0.25) is 4.68 Å². The smallest absolute Gasteiger partial charge is 0.0994 e.